The smallest absolute Gasteiger partial charge is 0.325 e. The van der Waals surface area contributed by atoms with Crippen molar-refractivity contribution in [2.45, 2.75) is 19.3 Å². The Kier molecular flexibility index (Phi) is 7.05. The first-order valence-electron chi connectivity index (χ1n) is 9.08. The molecule has 154 valence electrons. The van der Waals surface area contributed by atoms with Gasteiger partial charge in [0.15, 0.2) is 5.13 Å². The van der Waals surface area contributed by atoms with Crippen LogP contribution in [0.5, 0.6) is 0 Å². The normalized spacial score (nSPS) is 14.3. The van der Waals surface area contributed by atoms with Gasteiger partial charge in [-0.25, -0.2) is 9.78 Å². The van der Waals surface area contributed by atoms with Crippen LogP contribution in [0, 0.1) is 5.92 Å². The molecule has 0 saturated carbocycles. The molecule has 3 rings (SSSR count). The van der Waals surface area contributed by atoms with Crippen molar-refractivity contribution in [1.29, 1.82) is 0 Å². The van der Waals surface area contributed by atoms with Crippen molar-refractivity contribution in [2.24, 2.45) is 5.92 Å². The van der Waals surface area contributed by atoms with E-state index in [4.69, 9.17) is 16.3 Å². The minimum atomic E-state index is -0.440. The van der Waals surface area contributed by atoms with E-state index in [9.17, 15) is 14.4 Å². The molecule has 0 aliphatic carbocycles. The molecular weight excluding hydrogens is 416 g/mol. The van der Waals surface area contributed by atoms with Crippen LogP contribution in [0.3, 0.4) is 0 Å². The van der Waals surface area contributed by atoms with Gasteiger partial charge >= 0.3 is 12.0 Å². The number of likely N-dealkylation sites (tertiary alicyclic amines) is 1. The van der Waals surface area contributed by atoms with Gasteiger partial charge in [-0.15, -0.1) is 11.3 Å². The number of methoxy groups -OCH3 is 1. The van der Waals surface area contributed by atoms with Gasteiger partial charge in [0.2, 0.25) is 5.91 Å². The molecular formula is C19H21ClN4O4S. The molecule has 2 heterocycles. The molecule has 1 aromatic carbocycles. The minimum Gasteiger partial charge on any atom is -0.469 e. The van der Waals surface area contributed by atoms with Crippen LogP contribution < -0.4 is 10.6 Å². The van der Waals surface area contributed by atoms with Gasteiger partial charge in [-0.2, -0.15) is 0 Å². The monoisotopic (exact) mass is 436 g/mol. The van der Waals surface area contributed by atoms with E-state index in [1.807, 2.05) is 0 Å². The van der Waals surface area contributed by atoms with Gasteiger partial charge in [0, 0.05) is 29.2 Å². The summed E-state index contributed by atoms with van der Waals surface area (Å²) in [4.78, 5) is 42.2. The molecule has 0 bridgehead atoms. The average Bonchev–Trinajstić information content (AvgIpc) is 3.13. The Morgan fingerprint density at radius 1 is 1.28 bits per heavy atom. The molecule has 29 heavy (non-hydrogen) atoms. The minimum absolute atomic E-state index is 0.0476. The second-order valence-electron chi connectivity index (χ2n) is 6.59. The van der Waals surface area contributed by atoms with Gasteiger partial charge < -0.3 is 15.0 Å². The molecule has 10 heteroatoms. The summed E-state index contributed by atoms with van der Waals surface area (Å²) in [6, 6.07) is 6.37. The van der Waals surface area contributed by atoms with Crippen LogP contribution in [0.2, 0.25) is 5.02 Å². The Balaban J connectivity index is 1.48. The summed E-state index contributed by atoms with van der Waals surface area (Å²) in [7, 11) is 1.38. The number of anilines is 2. The summed E-state index contributed by atoms with van der Waals surface area (Å²) >= 11 is 7.14. The Hall–Kier alpha value is -2.65. The maximum atomic E-state index is 12.5. The van der Waals surface area contributed by atoms with Crippen LogP contribution in [-0.4, -0.2) is 48.0 Å². The van der Waals surface area contributed by atoms with Crippen LogP contribution in [0.1, 0.15) is 18.5 Å². The van der Waals surface area contributed by atoms with Crippen molar-refractivity contribution in [2.75, 3.05) is 30.8 Å². The van der Waals surface area contributed by atoms with E-state index in [1.54, 1.807) is 34.5 Å². The highest BCUT2D eigenvalue weighted by Gasteiger charge is 2.28. The van der Waals surface area contributed by atoms with E-state index < -0.39 is 6.03 Å². The van der Waals surface area contributed by atoms with E-state index >= 15 is 0 Å². The molecule has 1 fully saturated rings. The lowest BCUT2D eigenvalue weighted by atomic mass is 9.97. The van der Waals surface area contributed by atoms with E-state index in [1.165, 1.54) is 18.4 Å². The largest absolute Gasteiger partial charge is 0.469 e. The second-order valence-corrected chi connectivity index (χ2v) is 7.88. The molecule has 0 radical (unpaired) electrons. The van der Waals surface area contributed by atoms with Crippen molar-refractivity contribution in [3.05, 3.63) is 40.4 Å². The number of carbonyl (C=O) groups excluding carboxylic acids is 3. The fourth-order valence-electron chi connectivity index (χ4n) is 3.07. The number of halogens is 1. The topological polar surface area (TPSA) is 101 Å². The third-order valence-electron chi connectivity index (χ3n) is 4.57. The number of benzene rings is 1. The lowest BCUT2D eigenvalue weighted by Crippen LogP contribution is -2.41. The van der Waals surface area contributed by atoms with Gasteiger partial charge in [-0.3, -0.25) is 14.9 Å². The van der Waals surface area contributed by atoms with Gasteiger partial charge in [0.25, 0.3) is 0 Å². The van der Waals surface area contributed by atoms with Crippen molar-refractivity contribution in [1.82, 2.24) is 9.88 Å². The van der Waals surface area contributed by atoms with Gasteiger partial charge in [-0.1, -0.05) is 17.7 Å². The average molecular weight is 437 g/mol. The number of rotatable bonds is 5. The van der Waals surface area contributed by atoms with Crippen LogP contribution in [0.25, 0.3) is 0 Å². The number of hydrogen-bond acceptors (Lipinski definition) is 6. The van der Waals surface area contributed by atoms with Crippen molar-refractivity contribution < 1.29 is 19.1 Å². The van der Waals surface area contributed by atoms with E-state index in [-0.39, 0.29) is 24.2 Å². The molecule has 2 aromatic rings. The summed E-state index contributed by atoms with van der Waals surface area (Å²) < 4.78 is 4.76. The van der Waals surface area contributed by atoms with Crippen LogP contribution in [0.4, 0.5) is 15.6 Å². The zero-order chi connectivity index (χ0) is 20.8. The predicted octanol–water partition coefficient (Wildman–Crippen LogP) is 3.39. The SMILES string of the molecule is COC(=O)C1CCN(C(=O)Cc2csc(NC(=O)Nc3cccc(Cl)c3)n2)CC1. The number of esters is 1. The number of hydrogen-bond donors (Lipinski definition) is 2. The van der Waals surface area contributed by atoms with Gasteiger partial charge in [0.05, 0.1) is 25.1 Å². The zero-order valence-corrected chi connectivity index (χ0v) is 17.4. The molecule has 0 unspecified atom stereocenters. The Morgan fingerprint density at radius 2 is 2.03 bits per heavy atom. The number of aromatic nitrogens is 1. The summed E-state index contributed by atoms with van der Waals surface area (Å²) in [5.74, 6) is -0.408. The molecule has 1 saturated heterocycles. The number of nitrogens with one attached hydrogen (secondary N) is 2. The van der Waals surface area contributed by atoms with E-state index in [2.05, 4.69) is 15.6 Å². The predicted molar refractivity (Wildman–Crippen MR) is 111 cm³/mol. The second kappa shape index (κ2) is 9.71. The summed E-state index contributed by atoms with van der Waals surface area (Å²) in [6.45, 7) is 1.05. The first-order valence-corrected chi connectivity index (χ1v) is 10.3. The molecule has 8 nitrogen and oxygen atoms in total. The lowest BCUT2D eigenvalue weighted by Gasteiger charge is -2.30. The van der Waals surface area contributed by atoms with Crippen LogP contribution >= 0.6 is 22.9 Å². The number of urea groups is 1. The van der Waals surface area contributed by atoms with E-state index in [0.717, 1.165) is 0 Å². The fourth-order valence-corrected chi connectivity index (χ4v) is 3.96. The molecule has 2 N–H and O–H groups in total. The standard InChI is InChI=1S/C19H21ClN4O4S/c1-28-17(26)12-5-7-24(8-6-12)16(25)10-15-11-29-19(22-15)23-18(27)21-14-4-2-3-13(20)9-14/h2-4,9,11-12H,5-8,10H2,1H3,(H2,21,22,23,27). The van der Waals surface area contributed by atoms with Gasteiger partial charge in [-0.05, 0) is 31.0 Å². The lowest BCUT2D eigenvalue weighted by molar-refractivity contribution is -0.148. The quantitative estimate of drug-likeness (QED) is 0.699. The highest BCUT2D eigenvalue weighted by molar-refractivity contribution is 7.14. The Labute approximate surface area is 177 Å². The maximum absolute atomic E-state index is 12.5. The summed E-state index contributed by atoms with van der Waals surface area (Å²) in [6.07, 6.45) is 1.36. The summed E-state index contributed by atoms with van der Waals surface area (Å²) in [5.41, 5.74) is 1.16. The molecule has 1 aromatic heterocycles. The highest BCUT2D eigenvalue weighted by atomic mass is 35.5. The van der Waals surface area contributed by atoms with Crippen LogP contribution in [-0.2, 0) is 20.7 Å². The van der Waals surface area contributed by atoms with Crippen LogP contribution in [0.15, 0.2) is 29.6 Å². The van der Waals surface area contributed by atoms with Crippen molar-refractivity contribution >= 4 is 51.7 Å². The molecule has 0 atom stereocenters. The Morgan fingerprint density at radius 3 is 2.72 bits per heavy atom. The van der Waals surface area contributed by atoms with Gasteiger partial charge in [0.1, 0.15) is 0 Å². The summed E-state index contributed by atoms with van der Waals surface area (Å²) in [5, 5.41) is 7.98. The van der Waals surface area contributed by atoms with E-state index in [0.29, 0.717) is 47.5 Å². The number of ether oxygens (including phenoxy) is 1. The third kappa shape index (κ3) is 5.91. The first kappa shape index (κ1) is 21.1. The molecule has 0 spiro atoms. The fraction of sp³-hybridized carbons (Fsp3) is 0.368. The molecule has 3 amide bonds. The number of piperidine rings is 1. The maximum Gasteiger partial charge on any atom is 0.325 e. The first-order chi connectivity index (χ1) is 13.9. The number of nitrogens with zero attached hydrogens (tertiary/aromatic N) is 2. The van der Waals surface area contributed by atoms with Crippen molar-refractivity contribution in [3.8, 4) is 0 Å². The third-order valence-corrected chi connectivity index (χ3v) is 5.61. The number of thiazole rings is 1. The molecule has 1 aliphatic rings. The number of amides is 3. The molecule has 1 aliphatic heterocycles. The highest BCUT2D eigenvalue weighted by Crippen LogP contribution is 2.21. The Bertz CT molecular complexity index is 896. The van der Waals surface area contributed by atoms with Crippen molar-refractivity contribution in [3.63, 3.8) is 0 Å². The number of carbonyl (C=O) groups is 3. The zero-order valence-electron chi connectivity index (χ0n) is 15.8.